The summed E-state index contributed by atoms with van der Waals surface area (Å²) in [6.45, 7) is 3.45. The lowest BCUT2D eigenvalue weighted by Gasteiger charge is -1.92. The summed E-state index contributed by atoms with van der Waals surface area (Å²) in [6.07, 6.45) is 2.66. The zero-order chi connectivity index (χ0) is 8.27. The first kappa shape index (κ1) is 7.40. The maximum absolute atomic E-state index is 10.3. The largest absolute Gasteiger partial charge is 0.477 e. The van der Waals surface area contributed by atoms with E-state index in [-0.39, 0.29) is 5.69 Å². The van der Waals surface area contributed by atoms with Gasteiger partial charge in [-0.2, -0.15) is 0 Å². The van der Waals surface area contributed by atoms with Crippen LogP contribution in [0.1, 0.15) is 16.2 Å². The third-order valence-corrected chi connectivity index (χ3v) is 1.12. The Hall–Kier alpha value is -1.71. The maximum atomic E-state index is 10.3. The number of aromatic carboxylic acids is 1. The molecule has 0 aliphatic carbocycles. The zero-order valence-electron chi connectivity index (χ0n) is 5.69. The first-order valence-electron chi connectivity index (χ1n) is 2.92. The minimum atomic E-state index is -1.06. The van der Waals surface area contributed by atoms with Crippen molar-refractivity contribution in [1.82, 2.24) is 9.97 Å². The summed E-state index contributed by atoms with van der Waals surface area (Å²) in [6, 6.07) is 1.36. The number of rotatable bonds is 2. The average Bonchev–Trinajstić information content (AvgIpc) is 2.05. The molecule has 11 heavy (non-hydrogen) atoms. The maximum Gasteiger partial charge on any atom is 0.354 e. The van der Waals surface area contributed by atoms with E-state index >= 15 is 0 Å². The SMILES string of the molecule is C=Cc1cc(C(=O)O)ncn1. The molecule has 0 radical (unpaired) electrons. The van der Waals surface area contributed by atoms with Crippen molar-refractivity contribution < 1.29 is 9.90 Å². The second kappa shape index (κ2) is 2.92. The monoisotopic (exact) mass is 150 g/mol. The Morgan fingerprint density at radius 1 is 1.64 bits per heavy atom. The van der Waals surface area contributed by atoms with Crippen LogP contribution >= 0.6 is 0 Å². The average molecular weight is 150 g/mol. The van der Waals surface area contributed by atoms with E-state index in [1.807, 2.05) is 0 Å². The predicted molar refractivity (Wildman–Crippen MR) is 39.1 cm³/mol. The van der Waals surface area contributed by atoms with Crippen molar-refractivity contribution in [1.29, 1.82) is 0 Å². The van der Waals surface area contributed by atoms with Gasteiger partial charge in [-0.1, -0.05) is 6.58 Å². The molecule has 56 valence electrons. The van der Waals surface area contributed by atoms with Crippen LogP contribution in [-0.2, 0) is 0 Å². The molecule has 0 unspecified atom stereocenters. The van der Waals surface area contributed by atoms with Gasteiger partial charge in [-0.15, -0.1) is 0 Å². The molecular weight excluding hydrogens is 144 g/mol. The third-order valence-electron chi connectivity index (χ3n) is 1.12. The molecule has 0 aromatic carbocycles. The Morgan fingerprint density at radius 3 is 2.91 bits per heavy atom. The van der Waals surface area contributed by atoms with E-state index < -0.39 is 5.97 Å². The Balaban J connectivity index is 3.10. The molecule has 0 spiro atoms. The predicted octanol–water partition coefficient (Wildman–Crippen LogP) is 0.818. The van der Waals surface area contributed by atoms with Crippen molar-refractivity contribution >= 4 is 12.0 Å². The van der Waals surface area contributed by atoms with Gasteiger partial charge >= 0.3 is 5.97 Å². The first-order chi connectivity index (χ1) is 5.24. The van der Waals surface area contributed by atoms with E-state index in [0.29, 0.717) is 5.69 Å². The highest BCUT2D eigenvalue weighted by Gasteiger charge is 2.03. The Labute approximate surface area is 63.2 Å². The Kier molecular flexibility index (Phi) is 1.96. The molecule has 0 amide bonds. The van der Waals surface area contributed by atoms with Gasteiger partial charge in [0.25, 0.3) is 0 Å². The lowest BCUT2D eigenvalue weighted by molar-refractivity contribution is 0.0690. The summed E-state index contributed by atoms with van der Waals surface area (Å²) in [5, 5.41) is 8.48. The number of hydrogen-bond acceptors (Lipinski definition) is 3. The summed E-state index contributed by atoms with van der Waals surface area (Å²) in [5.41, 5.74) is 0.493. The van der Waals surface area contributed by atoms with E-state index in [9.17, 15) is 4.79 Å². The van der Waals surface area contributed by atoms with E-state index in [4.69, 9.17) is 5.11 Å². The van der Waals surface area contributed by atoms with Crippen LogP contribution in [0.15, 0.2) is 19.0 Å². The minimum Gasteiger partial charge on any atom is -0.477 e. The highest BCUT2D eigenvalue weighted by atomic mass is 16.4. The van der Waals surface area contributed by atoms with E-state index in [0.717, 1.165) is 0 Å². The Morgan fingerprint density at radius 2 is 2.36 bits per heavy atom. The van der Waals surface area contributed by atoms with Gasteiger partial charge in [-0.25, -0.2) is 14.8 Å². The fraction of sp³-hybridized carbons (Fsp3) is 0. The molecule has 1 aromatic rings. The van der Waals surface area contributed by atoms with Crippen LogP contribution in [0.5, 0.6) is 0 Å². The highest BCUT2D eigenvalue weighted by molar-refractivity contribution is 5.85. The summed E-state index contributed by atoms with van der Waals surface area (Å²) < 4.78 is 0. The fourth-order valence-corrected chi connectivity index (χ4v) is 0.601. The van der Waals surface area contributed by atoms with Gasteiger partial charge in [0.15, 0.2) is 5.69 Å². The van der Waals surface area contributed by atoms with Gasteiger partial charge in [0.05, 0.1) is 5.69 Å². The summed E-state index contributed by atoms with van der Waals surface area (Å²) in [4.78, 5) is 17.6. The van der Waals surface area contributed by atoms with Gasteiger partial charge in [-0.05, 0) is 12.1 Å². The Bertz CT molecular complexity index is 296. The molecule has 4 nitrogen and oxygen atoms in total. The van der Waals surface area contributed by atoms with Crippen molar-refractivity contribution in [2.45, 2.75) is 0 Å². The van der Waals surface area contributed by atoms with Gasteiger partial charge in [0.1, 0.15) is 6.33 Å². The normalized spacial score (nSPS) is 9.09. The van der Waals surface area contributed by atoms with Crippen LogP contribution in [-0.4, -0.2) is 21.0 Å². The summed E-state index contributed by atoms with van der Waals surface area (Å²) >= 11 is 0. The fourth-order valence-electron chi connectivity index (χ4n) is 0.601. The molecule has 0 fully saturated rings. The number of nitrogens with zero attached hydrogens (tertiary/aromatic N) is 2. The molecule has 4 heteroatoms. The van der Waals surface area contributed by atoms with Crippen molar-refractivity contribution in [2.24, 2.45) is 0 Å². The number of hydrogen-bond donors (Lipinski definition) is 1. The highest BCUT2D eigenvalue weighted by Crippen LogP contribution is 1.98. The third kappa shape index (κ3) is 1.61. The molecule has 1 N–H and O–H groups in total. The minimum absolute atomic E-state index is 0.0186. The van der Waals surface area contributed by atoms with Gasteiger partial charge in [0, 0.05) is 0 Å². The lowest BCUT2D eigenvalue weighted by Crippen LogP contribution is -2.00. The molecule has 1 rings (SSSR count). The van der Waals surface area contributed by atoms with Crippen LogP contribution in [0.3, 0.4) is 0 Å². The molecule has 1 heterocycles. The van der Waals surface area contributed by atoms with Crippen LogP contribution in [0.4, 0.5) is 0 Å². The number of carbonyl (C=O) groups is 1. The number of carboxylic acids is 1. The molecular formula is C7H6N2O2. The van der Waals surface area contributed by atoms with Crippen molar-refractivity contribution in [3.05, 3.63) is 30.4 Å². The first-order valence-corrected chi connectivity index (χ1v) is 2.92. The molecule has 0 aliphatic rings. The second-order valence-electron chi connectivity index (χ2n) is 1.84. The smallest absolute Gasteiger partial charge is 0.354 e. The molecule has 1 aromatic heterocycles. The molecule has 0 aliphatic heterocycles. The molecule has 0 atom stereocenters. The van der Waals surface area contributed by atoms with Crippen LogP contribution in [0, 0.1) is 0 Å². The van der Waals surface area contributed by atoms with Crippen molar-refractivity contribution in [3.8, 4) is 0 Å². The summed E-state index contributed by atoms with van der Waals surface area (Å²) in [5.74, 6) is -1.06. The second-order valence-corrected chi connectivity index (χ2v) is 1.84. The van der Waals surface area contributed by atoms with Gasteiger partial charge in [0.2, 0.25) is 0 Å². The number of aromatic nitrogens is 2. The van der Waals surface area contributed by atoms with Crippen LogP contribution in [0.25, 0.3) is 6.08 Å². The van der Waals surface area contributed by atoms with E-state index in [1.54, 1.807) is 0 Å². The number of carboxylic acid groups (broad SMARTS) is 1. The van der Waals surface area contributed by atoms with Gasteiger partial charge in [-0.3, -0.25) is 0 Å². The topological polar surface area (TPSA) is 63.1 Å². The quantitative estimate of drug-likeness (QED) is 0.677. The molecule has 0 bridgehead atoms. The lowest BCUT2D eigenvalue weighted by atomic mass is 10.3. The summed E-state index contributed by atoms with van der Waals surface area (Å²) in [7, 11) is 0. The van der Waals surface area contributed by atoms with E-state index in [1.165, 1.54) is 18.5 Å². The zero-order valence-corrected chi connectivity index (χ0v) is 5.69. The molecule has 0 saturated carbocycles. The van der Waals surface area contributed by atoms with Gasteiger partial charge < -0.3 is 5.11 Å². The van der Waals surface area contributed by atoms with Crippen LogP contribution in [0.2, 0.25) is 0 Å². The van der Waals surface area contributed by atoms with Crippen LogP contribution < -0.4 is 0 Å². The molecule has 0 saturated heterocycles. The van der Waals surface area contributed by atoms with Crippen molar-refractivity contribution in [2.75, 3.05) is 0 Å². The van der Waals surface area contributed by atoms with Crippen molar-refractivity contribution in [3.63, 3.8) is 0 Å². The standard InChI is InChI=1S/C7H6N2O2/c1-2-5-3-6(7(10)11)9-4-8-5/h2-4H,1H2,(H,10,11). The van der Waals surface area contributed by atoms with E-state index in [2.05, 4.69) is 16.5 Å².